The van der Waals surface area contributed by atoms with Gasteiger partial charge in [-0.2, -0.15) is 0 Å². The van der Waals surface area contributed by atoms with Crippen molar-refractivity contribution in [2.45, 2.75) is 32.7 Å². The molecule has 0 unspecified atom stereocenters. The Morgan fingerprint density at radius 2 is 2.00 bits per heavy atom. The summed E-state index contributed by atoms with van der Waals surface area (Å²) in [7, 11) is 0. The summed E-state index contributed by atoms with van der Waals surface area (Å²) in [6, 6.07) is 7.85. The topological polar surface area (TPSA) is 24.9 Å². The summed E-state index contributed by atoms with van der Waals surface area (Å²) in [5.74, 6) is 0. The Morgan fingerprint density at radius 3 is 2.61 bits per heavy atom. The van der Waals surface area contributed by atoms with Gasteiger partial charge in [0.15, 0.2) is 5.13 Å². The number of nitrogens with zero attached hydrogens (tertiary/aromatic N) is 1. The minimum atomic E-state index is 0.0980. The van der Waals surface area contributed by atoms with Crippen LogP contribution in [0.15, 0.2) is 29.6 Å². The van der Waals surface area contributed by atoms with Gasteiger partial charge in [0.05, 0.1) is 5.69 Å². The van der Waals surface area contributed by atoms with Gasteiger partial charge >= 0.3 is 0 Å². The molecule has 0 fully saturated rings. The van der Waals surface area contributed by atoms with Gasteiger partial charge in [-0.15, -0.1) is 11.3 Å². The molecule has 0 bridgehead atoms. The van der Waals surface area contributed by atoms with E-state index in [0.29, 0.717) is 6.54 Å². The highest BCUT2D eigenvalue weighted by Gasteiger charge is 2.17. The van der Waals surface area contributed by atoms with Gasteiger partial charge in [0, 0.05) is 22.4 Å². The molecule has 0 aliphatic carbocycles. The molecule has 0 spiro atoms. The van der Waals surface area contributed by atoms with Gasteiger partial charge in [-0.25, -0.2) is 4.98 Å². The van der Waals surface area contributed by atoms with E-state index in [1.54, 1.807) is 11.3 Å². The van der Waals surface area contributed by atoms with E-state index < -0.39 is 0 Å². The van der Waals surface area contributed by atoms with Crippen LogP contribution < -0.4 is 5.32 Å². The van der Waals surface area contributed by atoms with Crippen molar-refractivity contribution in [2.24, 2.45) is 0 Å². The lowest BCUT2D eigenvalue weighted by atomic mass is 9.93. The lowest BCUT2D eigenvalue weighted by molar-refractivity contribution is 0.573. The van der Waals surface area contributed by atoms with Crippen LogP contribution in [0.2, 0.25) is 5.02 Å². The van der Waals surface area contributed by atoms with Crippen LogP contribution in [0.1, 0.15) is 32.0 Å². The molecule has 2 rings (SSSR count). The number of rotatable bonds is 3. The largest absolute Gasteiger partial charge is 0.357 e. The van der Waals surface area contributed by atoms with Crippen LogP contribution in [0.25, 0.3) is 0 Å². The molecule has 2 nitrogen and oxygen atoms in total. The van der Waals surface area contributed by atoms with Crippen LogP contribution in [-0.4, -0.2) is 4.98 Å². The molecule has 1 heterocycles. The predicted octanol–water partition coefficient (Wildman–Crippen LogP) is 4.71. The highest BCUT2D eigenvalue weighted by Crippen LogP contribution is 2.27. The number of aromatic nitrogens is 1. The smallest absolute Gasteiger partial charge is 0.183 e. The molecule has 0 amide bonds. The van der Waals surface area contributed by atoms with Gasteiger partial charge in [-0.05, 0) is 11.6 Å². The fourth-order valence-corrected chi connectivity index (χ4v) is 2.65. The van der Waals surface area contributed by atoms with Gasteiger partial charge in [-0.1, -0.05) is 50.6 Å². The summed E-state index contributed by atoms with van der Waals surface area (Å²) in [5, 5.41) is 7.16. The number of nitrogens with one attached hydrogen (secondary N) is 1. The second kappa shape index (κ2) is 5.29. The Morgan fingerprint density at radius 1 is 1.28 bits per heavy atom. The fourth-order valence-electron chi connectivity index (χ4n) is 1.51. The van der Waals surface area contributed by atoms with E-state index in [9.17, 15) is 0 Å². The summed E-state index contributed by atoms with van der Waals surface area (Å²) < 4.78 is 0. The molecule has 96 valence electrons. The SMILES string of the molecule is CC(C)(C)c1csc(NCc2ccccc2Cl)n1. The van der Waals surface area contributed by atoms with Crippen LogP contribution in [-0.2, 0) is 12.0 Å². The van der Waals surface area contributed by atoms with E-state index in [0.717, 1.165) is 21.4 Å². The van der Waals surface area contributed by atoms with Crippen molar-refractivity contribution in [3.63, 3.8) is 0 Å². The van der Waals surface area contributed by atoms with Crippen LogP contribution in [0, 0.1) is 0 Å². The molecule has 2 aromatic rings. The Labute approximate surface area is 117 Å². The van der Waals surface area contributed by atoms with E-state index in [2.05, 4.69) is 36.5 Å². The fraction of sp³-hybridized carbons (Fsp3) is 0.357. The first-order valence-electron chi connectivity index (χ1n) is 5.90. The third-order valence-electron chi connectivity index (χ3n) is 2.66. The predicted molar refractivity (Wildman–Crippen MR) is 79.6 cm³/mol. The van der Waals surface area contributed by atoms with Crippen molar-refractivity contribution in [2.75, 3.05) is 5.32 Å². The first-order chi connectivity index (χ1) is 8.47. The molecule has 1 N–H and O–H groups in total. The highest BCUT2D eigenvalue weighted by molar-refractivity contribution is 7.13. The maximum absolute atomic E-state index is 6.11. The quantitative estimate of drug-likeness (QED) is 0.881. The van der Waals surface area contributed by atoms with Crippen molar-refractivity contribution in [1.29, 1.82) is 0 Å². The molecule has 0 atom stereocenters. The van der Waals surface area contributed by atoms with Gasteiger partial charge in [-0.3, -0.25) is 0 Å². The van der Waals surface area contributed by atoms with Gasteiger partial charge in [0.25, 0.3) is 0 Å². The van der Waals surface area contributed by atoms with Crippen molar-refractivity contribution in [3.05, 3.63) is 45.9 Å². The molecule has 4 heteroatoms. The molecule has 0 saturated carbocycles. The number of benzene rings is 1. The Hall–Kier alpha value is -1.06. The van der Waals surface area contributed by atoms with E-state index in [1.165, 1.54) is 0 Å². The van der Waals surface area contributed by atoms with Crippen LogP contribution >= 0.6 is 22.9 Å². The molecular formula is C14H17ClN2S. The average Bonchev–Trinajstić information content (AvgIpc) is 2.76. The molecule has 1 aromatic carbocycles. The zero-order chi connectivity index (χ0) is 13.2. The number of thiazole rings is 1. The van der Waals surface area contributed by atoms with Crippen molar-refractivity contribution < 1.29 is 0 Å². The third kappa shape index (κ3) is 3.24. The van der Waals surface area contributed by atoms with Crippen LogP contribution in [0.5, 0.6) is 0 Å². The Bertz CT molecular complexity index is 529. The first kappa shape index (κ1) is 13.4. The number of hydrogen-bond donors (Lipinski definition) is 1. The molecular weight excluding hydrogens is 264 g/mol. The summed E-state index contributed by atoms with van der Waals surface area (Å²) in [6.07, 6.45) is 0. The second-order valence-corrected chi connectivity index (χ2v) is 6.50. The van der Waals surface area contributed by atoms with Gasteiger partial charge in [0.2, 0.25) is 0 Å². The Balaban J connectivity index is 2.03. The minimum Gasteiger partial charge on any atom is -0.357 e. The van der Waals surface area contributed by atoms with E-state index >= 15 is 0 Å². The molecule has 0 aliphatic rings. The third-order valence-corrected chi connectivity index (χ3v) is 3.83. The molecule has 0 radical (unpaired) electrons. The maximum atomic E-state index is 6.11. The average molecular weight is 281 g/mol. The lowest BCUT2D eigenvalue weighted by Crippen LogP contribution is -2.11. The first-order valence-corrected chi connectivity index (χ1v) is 7.16. The monoisotopic (exact) mass is 280 g/mol. The molecule has 0 aliphatic heterocycles. The van der Waals surface area contributed by atoms with Crippen molar-refractivity contribution >= 4 is 28.1 Å². The van der Waals surface area contributed by atoms with E-state index in [-0.39, 0.29) is 5.41 Å². The standard InChI is InChI=1S/C14H17ClN2S/c1-14(2,3)12-9-18-13(17-12)16-8-10-6-4-5-7-11(10)15/h4-7,9H,8H2,1-3H3,(H,16,17). The van der Waals surface area contributed by atoms with Crippen LogP contribution in [0.3, 0.4) is 0 Å². The minimum absolute atomic E-state index is 0.0980. The molecule has 0 saturated heterocycles. The number of halogens is 1. The summed E-state index contributed by atoms with van der Waals surface area (Å²) in [5.41, 5.74) is 2.31. The zero-order valence-corrected chi connectivity index (χ0v) is 12.4. The van der Waals surface area contributed by atoms with Crippen LogP contribution in [0.4, 0.5) is 5.13 Å². The van der Waals surface area contributed by atoms with Crippen molar-refractivity contribution in [3.8, 4) is 0 Å². The summed E-state index contributed by atoms with van der Waals surface area (Å²) in [4.78, 5) is 4.59. The van der Waals surface area contributed by atoms with E-state index in [4.69, 9.17) is 11.6 Å². The van der Waals surface area contributed by atoms with Crippen molar-refractivity contribution in [1.82, 2.24) is 4.98 Å². The summed E-state index contributed by atoms with van der Waals surface area (Å²) >= 11 is 7.75. The maximum Gasteiger partial charge on any atom is 0.183 e. The lowest BCUT2D eigenvalue weighted by Gasteiger charge is -2.14. The second-order valence-electron chi connectivity index (χ2n) is 5.23. The Kier molecular flexibility index (Phi) is 3.93. The normalized spacial score (nSPS) is 11.6. The highest BCUT2D eigenvalue weighted by atomic mass is 35.5. The van der Waals surface area contributed by atoms with Gasteiger partial charge in [0.1, 0.15) is 0 Å². The molecule has 18 heavy (non-hydrogen) atoms. The van der Waals surface area contributed by atoms with E-state index in [1.807, 2.05) is 24.3 Å². The number of anilines is 1. The zero-order valence-electron chi connectivity index (χ0n) is 10.8. The summed E-state index contributed by atoms with van der Waals surface area (Å²) in [6.45, 7) is 7.20. The van der Waals surface area contributed by atoms with Gasteiger partial charge < -0.3 is 5.32 Å². The number of hydrogen-bond acceptors (Lipinski definition) is 3. The molecule has 1 aromatic heterocycles.